The van der Waals surface area contributed by atoms with Gasteiger partial charge in [-0.05, 0) is 56.4 Å². The summed E-state index contributed by atoms with van der Waals surface area (Å²) >= 11 is 0. The van der Waals surface area contributed by atoms with Gasteiger partial charge in [-0.2, -0.15) is 0 Å². The average Bonchev–Trinajstić information content (AvgIpc) is 3.42. The molecule has 2 heterocycles. The van der Waals surface area contributed by atoms with E-state index in [0.717, 1.165) is 43.6 Å². The van der Waals surface area contributed by atoms with Crippen molar-refractivity contribution in [3.63, 3.8) is 0 Å². The van der Waals surface area contributed by atoms with Gasteiger partial charge in [-0.3, -0.25) is 9.59 Å². The van der Waals surface area contributed by atoms with E-state index in [1.54, 1.807) is 24.4 Å². The molecule has 0 saturated carbocycles. The molecule has 0 aliphatic carbocycles. The quantitative estimate of drug-likeness (QED) is 0.428. The summed E-state index contributed by atoms with van der Waals surface area (Å²) < 4.78 is 11.5. The van der Waals surface area contributed by atoms with Crippen molar-refractivity contribution >= 4 is 11.8 Å². The number of ether oxygens (including phenoxy) is 2. The Morgan fingerprint density at radius 3 is 2.53 bits per heavy atom. The summed E-state index contributed by atoms with van der Waals surface area (Å²) in [6, 6.07) is 14.7. The molecule has 3 aromatic rings. The summed E-state index contributed by atoms with van der Waals surface area (Å²) in [5.74, 6) is 1.32. The van der Waals surface area contributed by atoms with Crippen LogP contribution in [-0.2, 0) is 4.79 Å². The van der Waals surface area contributed by atoms with E-state index in [4.69, 9.17) is 9.47 Å². The van der Waals surface area contributed by atoms with Gasteiger partial charge in [-0.25, -0.2) is 4.98 Å². The molecule has 1 saturated heterocycles. The first-order valence-corrected chi connectivity index (χ1v) is 12.7. The lowest BCUT2D eigenvalue weighted by Gasteiger charge is -2.26. The van der Waals surface area contributed by atoms with Crippen molar-refractivity contribution < 1.29 is 19.1 Å². The Hall–Kier alpha value is -3.81. The third-order valence-electron chi connectivity index (χ3n) is 6.29. The average molecular weight is 491 g/mol. The largest absolute Gasteiger partial charge is 0.490 e. The Bertz CT molecular complexity index is 1160. The Kier molecular flexibility index (Phi) is 8.60. The first-order chi connectivity index (χ1) is 17.6. The Morgan fingerprint density at radius 2 is 1.81 bits per heavy atom. The van der Waals surface area contributed by atoms with E-state index in [2.05, 4.69) is 15.3 Å². The lowest BCUT2D eigenvalue weighted by molar-refractivity contribution is -0.134. The minimum Gasteiger partial charge on any atom is -0.490 e. The van der Waals surface area contributed by atoms with Crippen molar-refractivity contribution in [2.24, 2.45) is 0 Å². The molecule has 2 amide bonds. The number of nitrogens with zero attached hydrogens (tertiary/aromatic N) is 2. The summed E-state index contributed by atoms with van der Waals surface area (Å²) in [5, 5.41) is 3.06. The zero-order valence-corrected chi connectivity index (χ0v) is 21.0. The van der Waals surface area contributed by atoms with Gasteiger partial charge < -0.3 is 24.7 Å². The minimum absolute atomic E-state index is 0.0296. The fourth-order valence-corrected chi connectivity index (χ4v) is 4.29. The van der Waals surface area contributed by atoms with Crippen LogP contribution in [0.3, 0.4) is 0 Å². The number of H-pyrrole nitrogens is 1. The highest BCUT2D eigenvalue weighted by molar-refractivity contribution is 5.95. The molecule has 1 aliphatic heterocycles. The van der Waals surface area contributed by atoms with E-state index >= 15 is 0 Å². The molecule has 0 bridgehead atoms. The van der Waals surface area contributed by atoms with Crippen molar-refractivity contribution in [1.29, 1.82) is 0 Å². The number of hydrogen-bond acceptors (Lipinski definition) is 5. The van der Waals surface area contributed by atoms with Crippen LogP contribution >= 0.6 is 0 Å². The lowest BCUT2D eigenvalue weighted by atomic mass is 10.1. The van der Waals surface area contributed by atoms with Crippen LogP contribution in [-0.4, -0.2) is 53.0 Å². The van der Waals surface area contributed by atoms with Crippen molar-refractivity contribution in [1.82, 2.24) is 20.2 Å². The van der Waals surface area contributed by atoms with Crippen LogP contribution in [0.1, 0.15) is 61.8 Å². The normalized spacial score (nSPS) is 14.2. The summed E-state index contributed by atoms with van der Waals surface area (Å²) in [7, 11) is 0. The molecule has 0 spiro atoms. The molecule has 1 aliphatic rings. The van der Waals surface area contributed by atoms with Gasteiger partial charge in [0.1, 0.15) is 5.82 Å². The third kappa shape index (κ3) is 6.24. The van der Waals surface area contributed by atoms with Gasteiger partial charge in [-0.15, -0.1) is 0 Å². The number of nitrogens with one attached hydrogen (secondary N) is 2. The highest BCUT2D eigenvalue weighted by Crippen LogP contribution is 2.29. The third-order valence-corrected chi connectivity index (χ3v) is 6.29. The van der Waals surface area contributed by atoms with Crippen LogP contribution in [0.25, 0.3) is 11.3 Å². The maximum absolute atomic E-state index is 13.1. The second-order valence-electron chi connectivity index (χ2n) is 8.81. The molecule has 190 valence electrons. The fraction of sp³-hybridized carbons (Fsp3) is 0.393. The number of aromatic amines is 1. The highest BCUT2D eigenvalue weighted by Gasteiger charge is 2.21. The van der Waals surface area contributed by atoms with Gasteiger partial charge in [0, 0.05) is 18.7 Å². The molecular formula is C28H34N4O4. The molecule has 0 radical (unpaired) electrons. The zero-order valence-electron chi connectivity index (χ0n) is 21.0. The van der Waals surface area contributed by atoms with Crippen molar-refractivity contribution in [2.45, 2.75) is 45.6 Å². The van der Waals surface area contributed by atoms with Gasteiger partial charge >= 0.3 is 0 Å². The fourth-order valence-electron chi connectivity index (χ4n) is 4.29. The SMILES string of the molecule is CCOc1cc(C(=O)NC(CC)c2ncc(-c3ccccc3)[nH]2)ccc1OCC(=O)N1CCCCC1. The number of rotatable bonds is 10. The predicted molar refractivity (Wildman–Crippen MR) is 138 cm³/mol. The molecule has 1 aromatic heterocycles. The Balaban J connectivity index is 1.42. The molecular weight excluding hydrogens is 456 g/mol. The van der Waals surface area contributed by atoms with Crippen molar-refractivity contribution in [3.05, 3.63) is 66.1 Å². The van der Waals surface area contributed by atoms with Crippen LogP contribution < -0.4 is 14.8 Å². The van der Waals surface area contributed by atoms with E-state index in [-0.39, 0.29) is 24.5 Å². The van der Waals surface area contributed by atoms with Crippen LogP contribution in [0.15, 0.2) is 54.7 Å². The van der Waals surface area contributed by atoms with E-state index in [0.29, 0.717) is 35.9 Å². The maximum Gasteiger partial charge on any atom is 0.260 e. The maximum atomic E-state index is 13.1. The van der Waals surface area contributed by atoms with Gasteiger partial charge in [0.25, 0.3) is 11.8 Å². The molecule has 2 N–H and O–H groups in total. The van der Waals surface area contributed by atoms with E-state index < -0.39 is 0 Å². The van der Waals surface area contributed by atoms with E-state index in [1.165, 1.54) is 0 Å². The van der Waals surface area contributed by atoms with Crippen LogP contribution in [0.4, 0.5) is 0 Å². The van der Waals surface area contributed by atoms with Gasteiger partial charge in [0.15, 0.2) is 18.1 Å². The summed E-state index contributed by atoms with van der Waals surface area (Å²) in [6.45, 7) is 5.78. The van der Waals surface area contributed by atoms with Gasteiger partial charge in [0.2, 0.25) is 0 Å². The first kappa shape index (κ1) is 25.3. The molecule has 1 fully saturated rings. The molecule has 8 heteroatoms. The lowest BCUT2D eigenvalue weighted by Crippen LogP contribution is -2.38. The van der Waals surface area contributed by atoms with Crippen molar-refractivity contribution in [3.8, 4) is 22.8 Å². The zero-order chi connectivity index (χ0) is 25.3. The Labute approximate surface area is 212 Å². The molecule has 1 atom stereocenters. The number of piperidine rings is 1. The topological polar surface area (TPSA) is 96.5 Å². The predicted octanol–water partition coefficient (Wildman–Crippen LogP) is 4.75. The van der Waals surface area contributed by atoms with Crippen LogP contribution in [0, 0.1) is 0 Å². The molecule has 4 rings (SSSR count). The van der Waals surface area contributed by atoms with Crippen LogP contribution in [0.2, 0.25) is 0 Å². The number of carbonyl (C=O) groups is 2. The summed E-state index contributed by atoms with van der Waals surface area (Å²) in [5.41, 5.74) is 2.38. The summed E-state index contributed by atoms with van der Waals surface area (Å²) in [4.78, 5) is 35.2. The number of benzene rings is 2. The van der Waals surface area contributed by atoms with Gasteiger partial charge in [-0.1, -0.05) is 37.3 Å². The molecule has 8 nitrogen and oxygen atoms in total. The second kappa shape index (κ2) is 12.2. The number of likely N-dealkylation sites (tertiary alicyclic amines) is 1. The monoisotopic (exact) mass is 490 g/mol. The van der Waals surface area contributed by atoms with E-state index in [1.807, 2.05) is 49.1 Å². The molecule has 36 heavy (non-hydrogen) atoms. The van der Waals surface area contributed by atoms with E-state index in [9.17, 15) is 9.59 Å². The number of imidazole rings is 1. The van der Waals surface area contributed by atoms with Crippen LogP contribution in [0.5, 0.6) is 11.5 Å². The number of hydrogen-bond donors (Lipinski definition) is 2. The number of aromatic nitrogens is 2. The second-order valence-corrected chi connectivity index (χ2v) is 8.81. The van der Waals surface area contributed by atoms with Gasteiger partial charge in [0.05, 0.1) is 24.5 Å². The molecule has 2 aromatic carbocycles. The van der Waals surface area contributed by atoms with Crippen molar-refractivity contribution in [2.75, 3.05) is 26.3 Å². The smallest absolute Gasteiger partial charge is 0.260 e. The Morgan fingerprint density at radius 1 is 1.03 bits per heavy atom. The molecule has 1 unspecified atom stereocenters. The number of carbonyl (C=O) groups excluding carboxylic acids is 2. The standard InChI is InChI=1S/C28H34N4O4/c1-3-22(27-29-18-23(30-27)20-11-7-5-8-12-20)31-28(34)21-13-14-24(25(17-21)35-4-2)36-19-26(33)32-15-9-6-10-16-32/h5,7-8,11-14,17-18,22H,3-4,6,9-10,15-16,19H2,1-2H3,(H,29,30)(H,31,34). The summed E-state index contributed by atoms with van der Waals surface area (Å²) in [6.07, 6.45) is 5.68. The highest BCUT2D eigenvalue weighted by atomic mass is 16.5. The minimum atomic E-state index is -0.274. The number of amides is 2. The first-order valence-electron chi connectivity index (χ1n) is 12.7.